The number of methoxy groups -OCH3 is 1. The number of hydrogen-bond donors (Lipinski definition) is 0. The normalized spacial score (nSPS) is 16.0. The van der Waals surface area contributed by atoms with E-state index in [0.717, 1.165) is 25.5 Å². The van der Waals surface area contributed by atoms with Crippen LogP contribution >= 0.6 is 0 Å². The molecule has 0 radical (unpaired) electrons. The minimum atomic E-state index is -3.36. The van der Waals surface area contributed by atoms with Gasteiger partial charge in [0.15, 0.2) is 0 Å². The second kappa shape index (κ2) is 7.79. The van der Waals surface area contributed by atoms with Crippen molar-refractivity contribution in [2.24, 2.45) is 0 Å². The summed E-state index contributed by atoms with van der Waals surface area (Å²) in [5, 5.41) is 11.1. The first kappa shape index (κ1) is 19.8. The van der Waals surface area contributed by atoms with Crippen LogP contribution in [0.25, 0.3) is 0 Å². The topological polar surface area (TPSA) is 127 Å². The maximum Gasteiger partial charge on any atom is 0.338 e. The Morgan fingerprint density at radius 1 is 1.12 bits per heavy atom. The van der Waals surface area contributed by atoms with Crippen LogP contribution in [0.15, 0.2) is 18.2 Å². The highest BCUT2D eigenvalue weighted by Gasteiger charge is 2.26. The van der Waals surface area contributed by atoms with Crippen LogP contribution in [0.3, 0.4) is 0 Å². The monoisotopic (exact) mass is 385 g/mol. The molecule has 1 heterocycles. The number of nitro groups is 1. The highest BCUT2D eigenvalue weighted by atomic mass is 32.2. The van der Waals surface area contributed by atoms with Crippen LogP contribution in [-0.2, 0) is 14.8 Å². The van der Waals surface area contributed by atoms with E-state index in [2.05, 4.69) is 4.74 Å². The fraction of sp³-hybridized carbons (Fsp3) is 0.467. The molecule has 1 amide bonds. The molecule has 2 rings (SSSR count). The Morgan fingerprint density at radius 2 is 1.77 bits per heavy atom. The number of nitrogens with zero attached hydrogens (tertiary/aromatic N) is 3. The lowest BCUT2D eigenvalue weighted by Gasteiger charge is -2.21. The van der Waals surface area contributed by atoms with Gasteiger partial charge < -0.3 is 9.64 Å². The molecule has 26 heavy (non-hydrogen) atoms. The lowest BCUT2D eigenvalue weighted by Crippen LogP contribution is -2.37. The molecule has 0 bridgehead atoms. The summed E-state index contributed by atoms with van der Waals surface area (Å²) in [6, 6.07) is 3.37. The molecular formula is C15H19N3O7S. The van der Waals surface area contributed by atoms with Crippen molar-refractivity contribution in [1.82, 2.24) is 9.21 Å². The van der Waals surface area contributed by atoms with E-state index in [0.29, 0.717) is 19.5 Å². The van der Waals surface area contributed by atoms with E-state index in [1.54, 1.807) is 0 Å². The molecule has 0 saturated carbocycles. The molecule has 11 heteroatoms. The lowest BCUT2D eigenvalue weighted by molar-refractivity contribution is -0.384. The van der Waals surface area contributed by atoms with Crippen molar-refractivity contribution in [3.8, 4) is 0 Å². The predicted octanol–water partition coefficient (Wildman–Crippen LogP) is 0.489. The highest BCUT2D eigenvalue weighted by Crippen LogP contribution is 2.20. The van der Waals surface area contributed by atoms with Crippen LogP contribution in [0.4, 0.5) is 5.69 Å². The zero-order valence-electron chi connectivity index (χ0n) is 14.4. The first-order chi connectivity index (χ1) is 12.1. The van der Waals surface area contributed by atoms with Gasteiger partial charge in [0.05, 0.1) is 23.9 Å². The van der Waals surface area contributed by atoms with Crippen LogP contribution in [0.5, 0.6) is 0 Å². The van der Waals surface area contributed by atoms with Gasteiger partial charge in [-0.25, -0.2) is 17.5 Å². The number of nitro benzene ring substituents is 1. The molecule has 10 nitrogen and oxygen atoms in total. The quantitative estimate of drug-likeness (QED) is 0.419. The first-order valence-corrected chi connectivity index (χ1v) is 9.60. The van der Waals surface area contributed by atoms with Crippen molar-refractivity contribution in [3.63, 3.8) is 0 Å². The second-order valence-corrected chi connectivity index (χ2v) is 7.81. The van der Waals surface area contributed by atoms with Crippen LogP contribution < -0.4 is 0 Å². The number of amides is 1. The smallest absolute Gasteiger partial charge is 0.338 e. The summed E-state index contributed by atoms with van der Waals surface area (Å²) in [7, 11) is -2.22. The average Bonchev–Trinajstić information content (AvgIpc) is 2.86. The van der Waals surface area contributed by atoms with Crippen LogP contribution in [0.2, 0.25) is 0 Å². The number of hydrogen-bond acceptors (Lipinski definition) is 7. The average molecular weight is 385 g/mol. The van der Waals surface area contributed by atoms with Gasteiger partial charge in [0.1, 0.15) is 0 Å². The van der Waals surface area contributed by atoms with Gasteiger partial charge in [-0.15, -0.1) is 0 Å². The molecule has 0 N–H and O–H groups in total. The van der Waals surface area contributed by atoms with Crippen LogP contribution in [0.1, 0.15) is 27.1 Å². The second-order valence-electron chi connectivity index (χ2n) is 5.83. The zero-order valence-corrected chi connectivity index (χ0v) is 15.2. The summed E-state index contributed by atoms with van der Waals surface area (Å²) in [5.74, 6) is -1.30. The number of esters is 1. The molecule has 1 saturated heterocycles. The highest BCUT2D eigenvalue weighted by molar-refractivity contribution is 7.88. The summed E-state index contributed by atoms with van der Waals surface area (Å²) < 4.78 is 29.2. The van der Waals surface area contributed by atoms with Crippen LogP contribution in [0, 0.1) is 10.1 Å². The summed E-state index contributed by atoms with van der Waals surface area (Å²) in [6.45, 7) is 0.900. The Hall–Kier alpha value is -2.53. The Kier molecular flexibility index (Phi) is 5.93. The fourth-order valence-electron chi connectivity index (χ4n) is 2.69. The van der Waals surface area contributed by atoms with Gasteiger partial charge in [-0.05, 0) is 12.5 Å². The van der Waals surface area contributed by atoms with Crippen molar-refractivity contribution >= 4 is 27.6 Å². The Morgan fingerprint density at radius 3 is 2.35 bits per heavy atom. The number of benzene rings is 1. The number of carbonyl (C=O) groups excluding carboxylic acids is 2. The Labute approximate surface area is 150 Å². The van der Waals surface area contributed by atoms with E-state index in [1.807, 2.05) is 0 Å². The largest absolute Gasteiger partial charge is 0.465 e. The van der Waals surface area contributed by atoms with Crippen molar-refractivity contribution in [1.29, 1.82) is 0 Å². The van der Waals surface area contributed by atoms with Gasteiger partial charge in [0.25, 0.3) is 11.6 Å². The van der Waals surface area contributed by atoms with Crippen molar-refractivity contribution in [3.05, 3.63) is 39.4 Å². The third-order valence-electron chi connectivity index (χ3n) is 4.01. The molecule has 1 aromatic rings. The molecule has 1 aliphatic heterocycles. The molecule has 0 aliphatic carbocycles. The summed E-state index contributed by atoms with van der Waals surface area (Å²) in [4.78, 5) is 36.2. The van der Waals surface area contributed by atoms with Gasteiger partial charge in [-0.2, -0.15) is 0 Å². The van der Waals surface area contributed by atoms with E-state index >= 15 is 0 Å². The fourth-order valence-corrected chi connectivity index (χ4v) is 3.56. The summed E-state index contributed by atoms with van der Waals surface area (Å²) in [5.41, 5.74) is -0.520. The third kappa shape index (κ3) is 4.55. The maximum absolute atomic E-state index is 12.7. The van der Waals surface area contributed by atoms with E-state index in [9.17, 15) is 28.1 Å². The number of rotatable bonds is 4. The predicted molar refractivity (Wildman–Crippen MR) is 91.4 cm³/mol. The standard InChI is InChI=1S/C15H19N3O7S/c1-25-15(20)12-8-11(9-13(10-12)18(21)22)14(19)16-4-3-5-17(7-6-16)26(2,23)24/h8-10H,3-7H2,1-2H3. The van der Waals surface area contributed by atoms with E-state index in [-0.39, 0.29) is 24.2 Å². The zero-order chi connectivity index (χ0) is 19.5. The van der Waals surface area contributed by atoms with Gasteiger partial charge in [-0.3, -0.25) is 14.9 Å². The van der Waals surface area contributed by atoms with E-state index < -0.39 is 32.5 Å². The SMILES string of the molecule is COC(=O)c1cc(C(=O)N2CCCN(S(C)(=O)=O)CC2)cc([N+](=O)[O-])c1. The minimum absolute atomic E-state index is 0.0209. The first-order valence-electron chi connectivity index (χ1n) is 7.75. The number of non-ortho nitro benzene ring substituents is 1. The van der Waals surface area contributed by atoms with Crippen LogP contribution in [-0.4, -0.2) is 74.0 Å². The van der Waals surface area contributed by atoms with E-state index in [1.165, 1.54) is 15.3 Å². The van der Waals surface area contributed by atoms with Gasteiger partial charge >= 0.3 is 5.97 Å². The number of carbonyl (C=O) groups is 2. The van der Waals surface area contributed by atoms with Crippen molar-refractivity contribution in [2.75, 3.05) is 39.5 Å². The third-order valence-corrected chi connectivity index (χ3v) is 5.31. The van der Waals surface area contributed by atoms with Gasteiger partial charge in [-0.1, -0.05) is 0 Å². The molecule has 1 aromatic carbocycles. The molecule has 0 spiro atoms. The molecular weight excluding hydrogens is 366 g/mol. The van der Waals surface area contributed by atoms with Gasteiger partial charge in [0, 0.05) is 43.9 Å². The maximum atomic E-state index is 12.7. The van der Waals surface area contributed by atoms with E-state index in [4.69, 9.17) is 0 Å². The van der Waals surface area contributed by atoms with Gasteiger partial charge in [0.2, 0.25) is 10.0 Å². The molecule has 0 aromatic heterocycles. The number of ether oxygens (including phenoxy) is 1. The van der Waals surface area contributed by atoms with Crippen molar-refractivity contribution in [2.45, 2.75) is 6.42 Å². The molecule has 0 atom stereocenters. The lowest BCUT2D eigenvalue weighted by atomic mass is 10.1. The molecule has 1 fully saturated rings. The van der Waals surface area contributed by atoms with Crippen molar-refractivity contribution < 1.29 is 27.7 Å². The molecule has 1 aliphatic rings. The summed E-state index contributed by atoms with van der Waals surface area (Å²) >= 11 is 0. The molecule has 142 valence electrons. The number of sulfonamides is 1. The Bertz CT molecular complexity index is 838. The minimum Gasteiger partial charge on any atom is -0.465 e. The molecule has 0 unspecified atom stereocenters. The Balaban J connectivity index is 2.29. The summed E-state index contributed by atoms with van der Waals surface area (Å²) in [6.07, 6.45) is 1.55.